The zero-order valence-electron chi connectivity index (χ0n) is 14.9. The van der Waals surface area contributed by atoms with E-state index in [1.54, 1.807) is 0 Å². The number of amides is 1. The number of hydrogen-bond acceptors (Lipinski definition) is 6. The smallest absolute Gasteiger partial charge is 0.387 e. The van der Waals surface area contributed by atoms with Crippen molar-refractivity contribution in [1.82, 2.24) is 4.31 Å². The van der Waals surface area contributed by atoms with Crippen molar-refractivity contribution in [2.75, 3.05) is 25.5 Å². The molecule has 152 valence electrons. The van der Waals surface area contributed by atoms with Crippen LogP contribution in [-0.2, 0) is 10.0 Å². The summed E-state index contributed by atoms with van der Waals surface area (Å²) in [6, 6.07) is 5.39. The summed E-state index contributed by atoms with van der Waals surface area (Å²) in [4.78, 5) is 12.6. The molecule has 0 unspecified atom stereocenters. The van der Waals surface area contributed by atoms with Gasteiger partial charge in [0.2, 0.25) is 10.0 Å². The molecule has 3 rings (SSSR count). The number of rotatable bonds is 7. The lowest BCUT2D eigenvalue weighted by Gasteiger charge is -2.16. The van der Waals surface area contributed by atoms with Crippen LogP contribution in [-0.4, -0.2) is 45.4 Å². The van der Waals surface area contributed by atoms with Gasteiger partial charge in [0, 0.05) is 24.8 Å². The third-order valence-electron chi connectivity index (χ3n) is 4.16. The molecule has 1 aromatic heterocycles. The summed E-state index contributed by atoms with van der Waals surface area (Å²) in [6.07, 6.45) is 1.56. The highest BCUT2D eigenvalue weighted by atomic mass is 32.2. The van der Waals surface area contributed by atoms with Crippen molar-refractivity contribution in [2.24, 2.45) is 0 Å². The van der Waals surface area contributed by atoms with Gasteiger partial charge in [-0.15, -0.1) is 11.3 Å². The second-order valence-corrected chi connectivity index (χ2v) is 8.75. The fourth-order valence-electron chi connectivity index (χ4n) is 2.86. The molecule has 1 saturated heterocycles. The first kappa shape index (κ1) is 20.5. The number of ether oxygens (including phenoxy) is 2. The Kier molecular flexibility index (Phi) is 6.16. The maximum absolute atomic E-state index is 12.8. The molecular formula is C17H18F2N2O5S2. The summed E-state index contributed by atoms with van der Waals surface area (Å²) in [5.41, 5.74) is 0.166. The third kappa shape index (κ3) is 4.26. The van der Waals surface area contributed by atoms with Crippen LogP contribution in [0, 0.1) is 0 Å². The first-order valence-electron chi connectivity index (χ1n) is 8.35. The lowest BCUT2D eigenvalue weighted by atomic mass is 10.2. The van der Waals surface area contributed by atoms with Gasteiger partial charge in [0.15, 0.2) is 11.5 Å². The van der Waals surface area contributed by atoms with Crippen LogP contribution in [0.15, 0.2) is 34.5 Å². The van der Waals surface area contributed by atoms with Crippen LogP contribution < -0.4 is 14.8 Å². The number of carbonyl (C=O) groups excluding carboxylic acids is 1. The molecule has 1 fully saturated rings. The summed E-state index contributed by atoms with van der Waals surface area (Å²) < 4.78 is 61.3. The number of methoxy groups -OCH3 is 1. The number of alkyl halides is 2. The number of sulfonamides is 1. The van der Waals surface area contributed by atoms with E-state index < -0.39 is 22.5 Å². The molecule has 1 aliphatic heterocycles. The zero-order chi connectivity index (χ0) is 20.3. The van der Waals surface area contributed by atoms with Crippen LogP contribution in [0.4, 0.5) is 14.5 Å². The zero-order valence-corrected chi connectivity index (χ0v) is 16.5. The van der Waals surface area contributed by atoms with Crippen molar-refractivity contribution in [3.63, 3.8) is 0 Å². The SMILES string of the molecule is COc1ccc(NC(=O)c2sccc2S(=O)(=O)N2CCCC2)cc1OC(F)F. The Morgan fingerprint density at radius 3 is 2.57 bits per heavy atom. The molecule has 0 bridgehead atoms. The highest BCUT2D eigenvalue weighted by Gasteiger charge is 2.31. The molecule has 1 amide bonds. The molecule has 2 heterocycles. The molecule has 7 nitrogen and oxygen atoms in total. The van der Waals surface area contributed by atoms with Gasteiger partial charge in [-0.1, -0.05) is 0 Å². The standard InChI is InChI=1S/C17H18F2N2O5S2/c1-25-12-5-4-11(10-13(12)26-17(18)19)20-16(22)15-14(6-9-27-15)28(23,24)21-7-2-3-8-21/h4-6,9-10,17H,2-3,7-8H2,1H3,(H,20,22). The van der Waals surface area contributed by atoms with Gasteiger partial charge < -0.3 is 14.8 Å². The summed E-state index contributed by atoms with van der Waals surface area (Å²) in [5, 5.41) is 4.05. The van der Waals surface area contributed by atoms with Crippen LogP contribution in [0.2, 0.25) is 0 Å². The lowest BCUT2D eigenvalue weighted by molar-refractivity contribution is -0.0511. The van der Waals surface area contributed by atoms with Crippen molar-refractivity contribution in [2.45, 2.75) is 24.3 Å². The van der Waals surface area contributed by atoms with E-state index in [9.17, 15) is 22.0 Å². The molecule has 0 saturated carbocycles. The quantitative estimate of drug-likeness (QED) is 0.725. The fourth-order valence-corrected chi connectivity index (χ4v) is 5.68. The largest absolute Gasteiger partial charge is 0.493 e. The summed E-state index contributed by atoms with van der Waals surface area (Å²) in [7, 11) is -2.46. The number of nitrogens with zero attached hydrogens (tertiary/aromatic N) is 1. The van der Waals surface area contributed by atoms with Crippen LogP contribution in [0.25, 0.3) is 0 Å². The minimum atomic E-state index is -3.76. The maximum Gasteiger partial charge on any atom is 0.387 e. The number of benzene rings is 1. The van der Waals surface area contributed by atoms with E-state index >= 15 is 0 Å². The van der Waals surface area contributed by atoms with Crippen LogP contribution in [0.3, 0.4) is 0 Å². The predicted molar refractivity (Wildman–Crippen MR) is 99.9 cm³/mol. The van der Waals surface area contributed by atoms with Crippen molar-refractivity contribution >= 4 is 33.0 Å². The van der Waals surface area contributed by atoms with E-state index in [0.29, 0.717) is 13.1 Å². The Balaban J connectivity index is 1.84. The van der Waals surface area contributed by atoms with Crippen molar-refractivity contribution in [1.29, 1.82) is 0 Å². The van der Waals surface area contributed by atoms with Crippen molar-refractivity contribution < 1.29 is 31.5 Å². The van der Waals surface area contributed by atoms with Gasteiger partial charge in [0.05, 0.1) is 7.11 Å². The Labute approximate surface area is 164 Å². The maximum atomic E-state index is 12.8. The normalized spacial score (nSPS) is 15.0. The van der Waals surface area contributed by atoms with E-state index in [1.807, 2.05) is 0 Å². The van der Waals surface area contributed by atoms with Gasteiger partial charge in [-0.2, -0.15) is 13.1 Å². The molecule has 2 aromatic rings. The highest BCUT2D eigenvalue weighted by Crippen LogP contribution is 2.33. The first-order chi connectivity index (χ1) is 13.3. The van der Waals surface area contributed by atoms with E-state index in [2.05, 4.69) is 10.1 Å². The van der Waals surface area contributed by atoms with Gasteiger partial charge in [-0.3, -0.25) is 4.79 Å². The number of halogens is 2. The predicted octanol–water partition coefficient (Wildman–Crippen LogP) is 3.39. The van der Waals surface area contributed by atoms with Crippen LogP contribution >= 0.6 is 11.3 Å². The van der Waals surface area contributed by atoms with Crippen molar-refractivity contribution in [3.8, 4) is 11.5 Å². The molecule has 0 spiro atoms. The number of hydrogen-bond donors (Lipinski definition) is 1. The molecule has 1 aliphatic rings. The summed E-state index contributed by atoms with van der Waals surface area (Å²) in [6.45, 7) is -2.22. The van der Waals surface area contributed by atoms with Crippen LogP contribution in [0.5, 0.6) is 11.5 Å². The van der Waals surface area contributed by atoms with E-state index in [1.165, 1.54) is 41.1 Å². The summed E-state index contributed by atoms with van der Waals surface area (Å²) >= 11 is 0.991. The molecule has 0 radical (unpaired) electrons. The monoisotopic (exact) mass is 432 g/mol. The average molecular weight is 432 g/mol. The fraction of sp³-hybridized carbons (Fsp3) is 0.353. The average Bonchev–Trinajstić information content (AvgIpc) is 3.34. The third-order valence-corrected chi connectivity index (χ3v) is 7.14. The molecule has 0 atom stereocenters. The topological polar surface area (TPSA) is 84.9 Å². The van der Waals surface area contributed by atoms with Gasteiger partial charge >= 0.3 is 6.61 Å². The Morgan fingerprint density at radius 2 is 1.93 bits per heavy atom. The first-order valence-corrected chi connectivity index (χ1v) is 10.7. The van der Waals surface area contributed by atoms with Crippen molar-refractivity contribution in [3.05, 3.63) is 34.5 Å². The van der Waals surface area contributed by atoms with E-state index in [4.69, 9.17) is 4.74 Å². The highest BCUT2D eigenvalue weighted by molar-refractivity contribution is 7.89. The molecule has 0 aliphatic carbocycles. The Bertz CT molecular complexity index is 956. The van der Waals surface area contributed by atoms with E-state index in [0.717, 1.165) is 24.2 Å². The van der Waals surface area contributed by atoms with Gasteiger partial charge in [-0.25, -0.2) is 8.42 Å². The molecule has 1 aromatic carbocycles. The van der Waals surface area contributed by atoms with Crippen LogP contribution in [0.1, 0.15) is 22.5 Å². The molecule has 11 heteroatoms. The minimum Gasteiger partial charge on any atom is -0.493 e. The number of thiophene rings is 1. The Morgan fingerprint density at radius 1 is 1.21 bits per heavy atom. The van der Waals surface area contributed by atoms with Gasteiger partial charge in [-0.05, 0) is 36.4 Å². The van der Waals surface area contributed by atoms with Gasteiger partial charge in [0.1, 0.15) is 9.77 Å². The number of carbonyl (C=O) groups is 1. The molecule has 28 heavy (non-hydrogen) atoms. The number of anilines is 1. The number of nitrogens with one attached hydrogen (secondary N) is 1. The second-order valence-electron chi connectivity index (χ2n) is 5.92. The lowest BCUT2D eigenvalue weighted by Crippen LogP contribution is -2.29. The minimum absolute atomic E-state index is 0.0269. The van der Waals surface area contributed by atoms with E-state index in [-0.39, 0.29) is 27.0 Å². The Hall–Kier alpha value is -2.24. The summed E-state index contributed by atoms with van der Waals surface area (Å²) in [5.74, 6) is -0.820. The molecule has 1 N–H and O–H groups in total. The van der Waals surface area contributed by atoms with Gasteiger partial charge in [0.25, 0.3) is 5.91 Å². The second kappa shape index (κ2) is 8.41. The molecular weight excluding hydrogens is 414 g/mol.